The molecule has 2 aromatic rings. The van der Waals surface area contributed by atoms with Crippen molar-refractivity contribution in [2.75, 3.05) is 18.5 Å². The van der Waals surface area contributed by atoms with E-state index in [-0.39, 0.29) is 42.4 Å². The number of pyridine rings is 1. The third kappa shape index (κ3) is 18.0. The summed E-state index contributed by atoms with van der Waals surface area (Å²) in [5.74, 6) is -1.29. The molecule has 32 heavy (non-hydrogen) atoms. The maximum absolute atomic E-state index is 13.2. The molecule has 0 aliphatic rings. The second kappa shape index (κ2) is 22.3. The van der Waals surface area contributed by atoms with Gasteiger partial charge in [-0.1, -0.05) is 83.4 Å². The van der Waals surface area contributed by atoms with E-state index in [1.165, 1.54) is 38.5 Å². The summed E-state index contributed by atoms with van der Waals surface area (Å²) in [4.78, 5) is 3.95. The molecule has 0 amide bonds. The molecule has 0 unspecified atom stereocenters. The van der Waals surface area contributed by atoms with Crippen LogP contribution < -0.4 is 0 Å². The molecule has 0 aliphatic carbocycles. The zero-order valence-electron chi connectivity index (χ0n) is 20.9. The second-order valence-corrected chi connectivity index (χ2v) is 14.3. The molecular formula is C26H43F2IrNPSi. The normalized spacial score (nSPS) is 10.1. The van der Waals surface area contributed by atoms with Gasteiger partial charge in [-0.2, -0.15) is 0 Å². The van der Waals surface area contributed by atoms with Crippen LogP contribution in [0.25, 0.3) is 11.3 Å². The maximum atomic E-state index is 13.2. The Morgan fingerprint density at radius 1 is 0.906 bits per heavy atom. The van der Waals surface area contributed by atoms with Crippen LogP contribution in [0.3, 0.4) is 0 Å². The third-order valence-corrected chi connectivity index (χ3v) is 7.61. The number of hydrogen-bond donors (Lipinski definition) is 0. The number of aromatic nitrogens is 1. The topological polar surface area (TPSA) is 12.9 Å². The van der Waals surface area contributed by atoms with Gasteiger partial charge in [0, 0.05) is 54.7 Å². The van der Waals surface area contributed by atoms with E-state index in [9.17, 15) is 8.78 Å². The van der Waals surface area contributed by atoms with Crippen molar-refractivity contribution in [3.63, 3.8) is 0 Å². The Morgan fingerprint density at radius 3 is 1.78 bits per heavy atom. The van der Waals surface area contributed by atoms with Crippen molar-refractivity contribution in [3.05, 3.63) is 54.2 Å². The molecular weight excluding hydrogens is 616 g/mol. The molecule has 2 rings (SSSR count). The Balaban J connectivity index is 0. The molecule has 1 heterocycles. The fourth-order valence-corrected chi connectivity index (χ4v) is 6.12. The van der Waals surface area contributed by atoms with Gasteiger partial charge in [-0.05, 0) is 31.0 Å². The van der Waals surface area contributed by atoms with E-state index in [1.807, 2.05) is 0 Å². The summed E-state index contributed by atoms with van der Waals surface area (Å²) in [6.45, 7) is 13.8. The zero-order chi connectivity index (χ0) is 23.5. The van der Waals surface area contributed by atoms with Crippen molar-refractivity contribution in [1.82, 2.24) is 4.98 Å². The molecule has 1 aromatic carbocycles. The molecule has 0 bridgehead atoms. The average Bonchev–Trinajstić information content (AvgIpc) is 2.74. The summed E-state index contributed by atoms with van der Waals surface area (Å²) in [6.07, 6.45) is 15.0. The minimum atomic E-state index is -0.649. The molecule has 2 radical (unpaired) electrons. The Bertz CT molecular complexity index is 652. The average molecular weight is 659 g/mol. The van der Waals surface area contributed by atoms with Gasteiger partial charge in [0.25, 0.3) is 0 Å². The molecule has 0 N–H and O–H groups in total. The first-order chi connectivity index (χ1) is 14.8. The van der Waals surface area contributed by atoms with E-state index in [0.717, 1.165) is 12.1 Å². The van der Waals surface area contributed by atoms with Crippen molar-refractivity contribution in [1.29, 1.82) is 0 Å². The molecule has 0 atom stereocenters. The van der Waals surface area contributed by atoms with E-state index in [1.54, 1.807) is 42.9 Å². The molecule has 184 valence electrons. The smallest absolute Gasteiger partial charge is 0.0571 e. The van der Waals surface area contributed by atoms with E-state index in [0.29, 0.717) is 5.69 Å². The van der Waals surface area contributed by atoms with Crippen molar-refractivity contribution >= 4 is 16.7 Å². The summed E-state index contributed by atoms with van der Waals surface area (Å²) in [5.41, 5.74) is 0.636. The van der Waals surface area contributed by atoms with Gasteiger partial charge in [0.05, 0.1) is 18.5 Å². The van der Waals surface area contributed by atoms with E-state index >= 15 is 0 Å². The molecule has 0 saturated heterocycles. The molecule has 6 heteroatoms. The van der Waals surface area contributed by atoms with Crippen LogP contribution in [0, 0.1) is 17.7 Å². The Hall–Kier alpha value is -0.474. The van der Waals surface area contributed by atoms with Crippen LogP contribution in [-0.4, -0.2) is 32.3 Å². The number of benzene rings is 1. The maximum Gasteiger partial charge on any atom is 0.0571 e. The second-order valence-electron chi connectivity index (χ2n) is 8.32. The summed E-state index contributed by atoms with van der Waals surface area (Å²) in [5, 5.41) is 0. The predicted molar refractivity (Wildman–Crippen MR) is 139 cm³/mol. The number of rotatable bonds is 10. The van der Waals surface area contributed by atoms with E-state index in [4.69, 9.17) is 0 Å². The van der Waals surface area contributed by atoms with Crippen molar-refractivity contribution in [3.8, 4) is 11.3 Å². The van der Waals surface area contributed by atoms with Crippen LogP contribution in [0.5, 0.6) is 0 Å². The molecule has 0 aliphatic heterocycles. The predicted octanol–water partition coefficient (Wildman–Crippen LogP) is 8.80. The quantitative estimate of drug-likeness (QED) is 0.141. The first-order valence-corrected chi connectivity index (χ1v) is 16.9. The fraction of sp³-hybridized carbons (Fsp3) is 0.577. The van der Waals surface area contributed by atoms with Crippen LogP contribution in [0.2, 0.25) is 19.6 Å². The standard InChI is InChI=1S/C12H27P.C11H6F2N.C3H9Si.Ir/c1-4-7-10-13(11-8-5-2)12-9-6-3;12-8-4-5-9(10(13)7-8)11-3-1-2-6-14-11;1-4(2)3;/h4-12H2,1-3H3;1-4,6-7H;1-3H3;/q;-1;;/p+1. The SMILES string of the molecule is CCCC[PH+](CCCC)CCCC.C[Si](C)C.Fc1c[c-]c(-c2ccccn2)c(F)c1.[Ir]. The summed E-state index contributed by atoms with van der Waals surface area (Å²) >= 11 is 0. The molecule has 0 fully saturated rings. The van der Waals surface area contributed by atoms with E-state index in [2.05, 4.69) is 51.5 Å². The van der Waals surface area contributed by atoms with Gasteiger partial charge in [0.1, 0.15) is 0 Å². The van der Waals surface area contributed by atoms with Crippen LogP contribution in [-0.2, 0) is 20.1 Å². The number of hydrogen-bond acceptors (Lipinski definition) is 1. The Labute approximate surface area is 212 Å². The van der Waals surface area contributed by atoms with Gasteiger partial charge in [-0.15, -0.1) is 12.1 Å². The Kier molecular flexibility index (Phi) is 23.5. The third-order valence-electron chi connectivity index (χ3n) is 4.43. The number of halogens is 2. The summed E-state index contributed by atoms with van der Waals surface area (Å²) < 4.78 is 25.8. The Morgan fingerprint density at radius 2 is 1.41 bits per heavy atom. The fourth-order valence-electron chi connectivity index (χ4n) is 2.81. The minimum Gasteiger partial charge on any atom is -0.305 e. The summed E-state index contributed by atoms with van der Waals surface area (Å²) in [6, 6.07) is 9.53. The van der Waals surface area contributed by atoms with Gasteiger partial charge in [-0.25, -0.2) is 0 Å². The first kappa shape index (κ1) is 33.7. The first-order valence-electron chi connectivity index (χ1n) is 11.7. The van der Waals surface area contributed by atoms with Gasteiger partial charge in [-0.3, -0.25) is 8.78 Å². The zero-order valence-corrected chi connectivity index (χ0v) is 25.3. The van der Waals surface area contributed by atoms with E-state index < -0.39 is 11.6 Å². The molecule has 0 saturated carbocycles. The van der Waals surface area contributed by atoms with Crippen LogP contribution in [0.1, 0.15) is 59.3 Å². The van der Waals surface area contributed by atoms with Crippen molar-refractivity contribution in [2.45, 2.75) is 78.9 Å². The van der Waals surface area contributed by atoms with Crippen molar-refractivity contribution in [2.24, 2.45) is 0 Å². The van der Waals surface area contributed by atoms with Crippen LogP contribution >= 0.6 is 7.92 Å². The number of nitrogens with zero attached hydrogens (tertiary/aromatic N) is 1. The van der Waals surface area contributed by atoms with Gasteiger partial charge in [0.15, 0.2) is 0 Å². The largest absolute Gasteiger partial charge is 0.305 e. The van der Waals surface area contributed by atoms with Gasteiger partial charge >= 0.3 is 0 Å². The number of unbranched alkanes of at least 4 members (excludes halogenated alkanes) is 3. The summed E-state index contributed by atoms with van der Waals surface area (Å²) in [7, 11) is 0.188. The minimum absolute atomic E-state index is 0. The van der Waals surface area contributed by atoms with Crippen LogP contribution in [0.15, 0.2) is 36.5 Å². The molecule has 0 spiro atoms. The molecule has 1 nitrogen and oxygen atoms in total. The van der Waals surface area contributed by atoms with Crippen LogP contribution in [0.4, 0.5) is 8.78 Å². The van der Waals surface area contributed by atoms with Crippen molar-refractivity contribution < 1.29 is 28.9 Å². The monoisotopic (exact) mass is 659 g/mol. The molecule has 1 aromatic heterocycles. The van der Waals surface area contributed by atoms with Gasteiger partial charge < -0.3 is 4.98 Å². The van der Waals surface area contributed by atoms with Gasteiger partial charge in [0.2, 0.25) is 0 Å².